The van der Waals surface area contributed by atoms with Gasteiger partial charge in [-0.2, -0.15) is 5.10 Å². The van der Waals surface area contributed by atoms with E-state index in [-0.39, 0.29) is 10.8 Å². The summed E-state index contributed by atoms with van der Waals surface area (Å²) in [5.74, 6) is -0.911. The number of hydrogen-bond donors (Lipinski definition) is 2. The van der Waals surface area contributed by atoms with Crippen molar-refractivity contribution in [1.82, 2.24) is 14.8 Å². The average molecular weight is 327 g/mol. The molecule has 0 saturated heterocycles. The van der Waals surface area contributed by atoms with Crippen molar-refractivity contribution in [3.05, 3.63) is 58.9 Å². The number of hydrogen-bond acceptors (Lipinski definition) is 5. The first kappa shape index (κ1) is 14.9. The summed E-state index contributed by atoms with van der Waals surface area (Å²) in [7, 11) is 0. The zero-order valence-electron chi connectivity index (χ0n) is 12.2. The number of amides is 2. The first-order valence-electron chi connectivity index (χ1n) is 6.73. The van der Waals surface area contributed by atoms with E-state index in [4.69, 9.17) is 5.73 Å². The third kappa shape index (κ3) is 2.97. The number of carbonyl (C=O) groups excluding carboxylic acids is 2. The zero-order chi connectivity index (χ0) is 16.4. The summed E-state index contributed by atoms with van der Waals surface area (Å²) < 4.78 is 1.69. The maximum absolute atomic E-state index is 12.3. The van der Waals surface area contributed by atoms with E-state index in [9.17, 15) is 9.59 Å². The predicted molar refractivity (Wildman–Crippen MR) is 86.9 cm³/mol. The van der Waals surface area contributed by atoms with Crippen molar-refractivity contribution in [1.29, 1.82) is 0 Å². The van der Waals surface area contributed by atoms with Gasteiger partial charge in [0.25, 0.3) is 11.8 Å². The summed E-state index contributed by atoms with van der Waals surface area (Å²) in [6, 6.07) is 9.52. The van der Waals surface area contributed by atoms with Crippen LogP contribution in [0.1, 0.15) is 25.7 Å². The Morgan fingerprint density at radius 1 is 1.22 bits per heavy atom. The molecule has 0 aliphatic carbocycles. The Balaban J connectivity index is 1.83. The van der Waals surface area contributed by atoms with Gasteiger partial charge < -0.3 is 5.73 Å². The molecule has 0 atom stereocenters. The van der Waals surface area contributed by atoms with Crippen molar-refractivity contribution in [2.45, 2.75) is 6.92 Å². The highest BCUT2D eigenvalue weighted by atomic mass is 32.1. The Morgan fingerprint density at radius 3 is 2.61 bits per heavy atom. The number of carbonyl (C=O) groups is 2. The predicted octanol–water partition coefficient (Wildman–Crippen LogP) is 1.99. The molecule has 0 unspecified atom stereocenters. The molecule has 23 heavy (non-hydrogen) atoms. The van der Waals surface area contributed by atoms with Crippen LogP contribution >= 0.6 is 11.3 Å². The quantitative estimate of drug-likeness (QED) is 0.765. The molecule has 0 aliphatic heterocycles. The second-order valence-electron chi connectivity index (χ2n) is 4.74. The van der Waals surface area contributed by atoms with Gasteiger partial charge in [0.15, 0.2) is 5.13 Å². The van der Waals surface area contributed by atoms with E-state index in [1.807, 2.05) is 37.3 Å². The Hall–Kier alpha value is -3.00. The SMILES string of the molecule is Cc1c(C(=O)Nc2ncc(C(N)=O)s2)cnn1-c1ccccc1. The van der Waals surface area contributed by atoms with E-state index in [1.165, 1.54) is 12.4 Å². The van der Waals surface area contributed by atoms with Crippen LogP contribution in [0.3, 0.4) is 0 Å². The standard InChI is InChI=1S/C15H13N5O2S/c1-9-11(7-18-20(9)10-5-3-2-4-6-10)14(22)19-15-17-8-12(23-15)13(16)21/h2-8H,1H3,(H2,16,21)(H,17,19,22). The molecule has 1 aromatic carbocycles. The highest BCUT2D eigenvalue weighted by Crippen LogP contribution is 2.20. The number of primary amides is 1. The second-order valence-corrected chi connectivity index (χ2v) is 5.77. The fourth-order valence-corrected chi connectivity index (χ4v) is 2.74. The first-order valence-corrected chi connectivity index (χ1v) is 7.55. The van der Waals surface area contributed by atoms with E-state index in [2.05, 4.69) is 15.4 Å². The van der Waals surface area contributed by atoms with E-state index in [1.54, 1.807) is 4.68 Å². The molecule has 3 N–H and O–H groups in total. The van der Waals surface area contributed by atoms with Gasteiger partial charge in [0, 0.05) is 0 Å². The van der Waals surface area contributed by atoms with Crippen molar-refractivity contribution in [2.75, 3.05) is 5.32 Å². The van der Waals surface area contributed by atoms with Gasteiger partial charge >= 0.3 is 0 Å². The van der Waals surface area contributed by atoms with Crippen LogP contribution in [0.2, 0.25) is 0 Å². The van der Waals surface area contributed by atoms with Crippen LogP contribution in [0.4, 0.5) is 5.13 Å². The van der Waals surface area contributed by atoms with Gasteiger partial charge in [-0.25, -0.2) is 9.67 Å². The van der Waals surface area contributed by atoms with E-state index < -0.39 is 5.91 Å². The van der Waals surface area contributed by atoms with Crippen molar-refractivity contribution >= 4 is 28.3 Å². The Bertz CT molecular complexity index is 869. The zero-order valence-corrected chi connectivity index (χ0v) is 13.0. The van der Waals surface area contributed by atoms with Gasteiger partial charge in [0.2, 0.25) is 0 Å². The van der Waals surface area contributed by atoms with E-state index >= 15 is 0 Å². The maximum atomic E-state index is 12.3. The summed E-state index contributed by atoms with van der Waals surface area (Å²) in [5, 5.41) is 7.21. The van der Waals surface area contributed by atoms with Gasteiger partial charge in [-0.1, -0.05) is 29.5 Å². The van der Waals surface area contributed by atoms with Crippen molar-refractivity contribution < 1.29 is 9.59 Å². The fourth-order valence-electron chi connectivity index (χ4n) is 2.07. The summed E-state index contributed by atoms with van der Waals surface area (Å²) in [6.45, 7) is 1.81. The molecule has 2 aromatic heterocycles. The topological polar surface area (TPSA) is 103 Å². The highest BCUT2D eigenvalue weighted by molar-refractivity contribution is 7.17. The van der Waals surface area contributed by atoms with Crippen LogP contribution in [0.15, 0.2) is 42.7 Å². The maximum Gasteiger partial charge on any atom is 0.260 e. The first-order chi connectivity index (χ1) is 11.1. The number of para-hydroxylation sites is 1. The van der Waals surface area contributed by atoms with Crippen LogP contribution < -0.4 is 11.1 Å². The molecule has 0 fully saturated rings. The third-order valence-electron chi connectivity index (χ3n) is 3.22. The number of aromatic nitrogens is 3. The van der Waals surface area contributed by atoms with Gasteiger partial charge in [-0.3, -0.25) is 14.9 Å². The lowest BCUT2D eigenvalue weighted by atomic mass is 10.2. The van der Waals surface area contributed by atoms with E-state index in [0.29, 0.717) is 16.4 Å². The Labute approximate surface area is 135 Å². The fraction of sp³-hybridized carbons (Fsp3) is 0.0667. The number of benzene rings is 1. The minimum atomic E-state index is -0.573. The van der Waals surface area contributed by atoms with Gasteiger partial charge in [-0.05, 0) is 19.1 Å². The molecule has 2 heterocycles. The largest absolute Gasteiger partial charge is 0.365 e. The molecule has 0 saturated carbocycles. The van der Waals surface area contributed by atoms with Crippen molar-refractivity contribution in [3.63, 3.8) is 0 Å². The number of anilines is 1. The van der Waals surface area contributed by atoms with Crippen molar-refractivity contribution in [3.8, 4) is 5.69 Å². The average Bonchev–Trinajstić information content (AvgIpc) is 3.15. The third-order valence-corrected chi connectivity index (χ3v) is 4.15. The van der Waals surface area contributed by atoms with Gasteiger partial charge in [0.1, 0.15) is 4.88 Å². The lowest BCUT2D eigenvalue weighted by Gasteiger charge is -2.05. The highest BCUT2D eigenvalue weighted by Gasteiger charge is 2.17. The molecule has 2 amide bonds. The molecule has 0 spiro atoms. The molecular formula is C15H13N5O2S. The number of nitrogens with one attached hydrogen (secondary N) is 1. The van der Waals surface area contributed by atoms with Crippen LogP contribution in [-0.2, 0) is 0 Å². The van der Waals surface area contributed by atoms with Crippen LogP contribution in [0.5, 0.6) is 0 Å². The number of nitrogens with two attached hydrogens (primary N) is 1. The molecule has 0 aliphatic rings. The van der Waals surface area contributed by atoms with Crippen molar-refractivity contribution in [2.24, 2.45) is 5.73 Å². The molecule has 8 heteroatoms. The molecule has 3 rings (SSSR count). The van der Waals surface area contributed by atoms with Crippen LogP contribution in [0, 0.1) is 6.92 Å². The van der Waals surface area contributed by atoms with Gasteiger partial charge in [0.05, 0.1) is 29.3 Å². The summed E-state index contributed by atoms with van der Waals surface area (Å²) in [4.78, 5) is 27.6. The molecular weight excluding hydrogens is 314 g/mol. The minimum absolute atomic E-state index is 0.289. The molecule has 7 nitrogen and oxygen atoms in total. The van der Waals surface area contributed by atoms with Crippen LogP contribution in [0.25, 0.3) is 5.69 Å². The number of rotatable bonds is 4. The summed E-state index contributed by atoms with van der Waals surface area (Å²) in [6.07, 6.45) is 2.84. The molecule has 0 radical (unpaired) electrons. The monoisotopic (exact) mass is 327 g/mol. The molecule has 3 aromatic rings. The Morgan fingerprint density at radius 2 is 1.96 bits per heavy atom. The normalized spacial score (nSPS) is 10.5. The lowest BCUT2D eigenvalue weighted by Crippen LogP contribution is -2.13. The summed E-state index contributed by atoms with van der Waals surface area (Å²) in [5.41, 5.74) is 7.18. The lowest BCUT2D eigenvalue weighted by molar-refractivity contribution is 0.100. The smallest absolute Gasteiger partial charge is 0.260 e. The number of nitrogens with zero attached hydrogens (tertiary/aromatic N) is 3. The Kier molecular flexibility index (Phi) is 3.90. The molecule has 0 bridgehead atoms. The van der Waals surface area contributed by atoms with E-state index in [0.717, 1.165) is 17.0 Å². The molecule has 116 valence electrons. The minimum Gasteiger partial charge on any atom is -0.365 e. The second kappa shape index (κ2) is 6.01. The van der Waals surface area contributed by atoms with Gasteiger partial charge in [-0.15, -0.1) is 0 Å². The van der Waals surface area contributed by atoms with Crippen LogP contribution in [-0.4, -0.2) is 26.6 Å². The summed E-state index contributed by atoms with van der Waals surface area (Å²) >= 11 is 1.03. The number of thiazole rings is 1.